The van der Waals surface area contributed by atoms with E-state index in [1.54, 1.807) is 0 Å². The number of amides is 1. The quantitative estimate of drug-likeness (QED) is 0.273. The highest BCUT2D eigenvalue weighted by Gasteiger charge is 2.27. The van der Waals surface area contributed by atoms with Crippen molar-refractivity contribution >= 4 is 5.91 Å². The van der Waals surface area contributed by atoms with Crippen LogP contribution < -0.4 is 5.32 Å². The minimum atomic E-state index is -1.41. The van der Waals surface area contributed by atoms with Crippen molar-refractivity contribution in [2.24, 2.45) is 0 Å². The van der Waals surface area contributed by atoms with E-state index in [0.29, 0.717) is 13.2 Å². The Balaban J connectivity index is 4.47. The maximum absolute atomic E-state index is 10.9. The van der Waals surface area contributed by atoms with Gasteiger partial charge in [0.2, 0.25) is 12.2 Å². The van der Waals surface area contributed by atoms with Crippen molar-refractivity contribution in [2.75, 3.05) is 26.4 Å². The lowest BCUT2D eigenvalue weighted by atomic mass is 10.2. The van der Waals surface area contributed by atoms with E-state index in [0.717, 1.165) is 0 Å². The second kappa shape index (κ2) is 11.0. The predicted molar refractivity (Wildman–Crippen MR) is 69.7 cm³/mol. The summed E-state index contributed by atoms with van der Waals surface area (Å²) in [5.41, 5.74) is 0. The first kappa shape index (κ1) is 19.2. The van der Waals surface area contributed by atoms with Gasteiger partial charge >= 0.3 is 0 Å². The lowest BCUT2D eigenvalue weighted by molar-refractivity contribution is -0.243. The van der Waals surface area contributed by atoms with Gasteiger partial charge in [-0.1, -0.05) is 0 Å². The second-order valence-corrected chi connectivity index (χ2v) is 4.18. The van der Waals surface area contributed by atoms with Gasteiger partial charge < -0.3 is 34.8 Å². The van der Waals surface area contributed by atoms with Crippen LogP contribution in [0.5, 0.6) is 0 Å². The summed E-state index contributed by atoms with van der Waals surface area (Å²) in [5, 5.41) is 30.5. The fraction of sp³-hybridized carbons (Fsp3) is 0.917. The van der Waals surface area contributed by atoms with Gasteiger partial charge in [-0.25, -0.2) is 0 Å². The molecule has 0 aliphatic heterocycles. The number of nitrogens with one attached hydrogen (secondary N) is 1. The first-order valence-corrected chi connectivity index (χ1v) is 6.51. The van der Waals surface area contributed by atoms with Gasteiger partial charge in [0.05, 0.1) is 25.9 Å². The summed E-state index contributed by atoms with van der Waals surface area (Å²) in [4.78, 5) is 10.9. The zero-order valence-electron chi connectivity index (χ0n) is 12.1. The molecular formula is C12H25NO7. The largest absolute Gasteiger partial charge is 0.394 e. The van der Waals surface area contributed by atoms with E-state index in [1.807, 2.05) is 6.92 Å². The minimum absolute atomic E-state index is 0.132. The molecule has 0 heterocycles. The molecule has 120 valence electrons. The van der Waals surface area contributed by atoms with Gasteiger partial charge in [-0.05, 0) is 13.8 Å². The standard InChI is InChI=1S/C12H25NO7/c1-4-18-5-6-19-12(11(17)13-9(3)16)20-10(7-14)8(2)15/h8,10-12,14-15,17H,4-7H2,1-3H3,(H,13,16). The van der Waals surface area contributed by atoms with Crippen molar-refractivity contribution in [2.45, 2.75) is 45.5 Å². The number of hydrogen-bond donors (Lipinski definition) is 4. The van der Waals surface area contributed by atoms with E-state index in [4.69, 9.17) is 19.3 Å². The van der Waals surface area contributed by atoms with Crippen LogP contribution in [-0.4, -0.2) is 72.4 Å². The normalized spacial score (nSPS) is 17.3. The third-order valence-electron chi connectivity index (χ3n) is 2.35. The molecule has 8 nitrogen and oxygen atoms in total. The van der Waals surface area contributed by atoms with Crippen molar-refractivity contribution in [3.05, 3.63) is 0 Å². The van der Waals surface area contributed by atoms with Crippen LogP contribution in [0.3, 0.4) is 0 Å². The van der Waals surface area contributed by atoms with Crippen LogP contribution in [0.4, 0.5) is 0 Å². The Morgan fingerprint density at radius 1 is 1.30 bits per heavy atom. The van der Waals surface area contributed by atoms with Gasteiger partial charge in [0.25, 0.3) is 0 Å². The van der Waals surface area contributed by atoms with E-state index in [9.17, 15) is 15.0 Å². The number of carbonyl (C=O) groups excluding carboxylic acids is 1. The van der Waals surface area contributed by atoms with E-state index >= 15 is 0 Å². The summed E-state index contributed by atoms with van der Waals surface area (Å²) in [7, 11) is 0. The van der Waals surface area contributed by atoms with Crippen LogP contribution in [0, 0.1) is 0 Å². The molecule has 8 heteroatoms. The van der Waals surface area contributed by atoms with E-state index in [-0.39, 0.29) is 6.61 Å². The molecule has 0 fully saturated rings. The van der Waals surface area contributed by atoms with Gasteiger partial charge in [0.15, 0.2) is 6.23 Å². The zero-order chi connectivity index (χ0) is 15.5. The highest BCUT2D eigenvalue weighted by molar-refractivity contribution is 5.73. The fourth-order valence-corrected chi connectivity index (χ4v) is 1.33. The molecule has 0 aromatic carbocycles. The van der Waals surface area contributed by atoms with Crippen molar-refractivity contribution in [3.8, 4) is 0 Å². The monoisotopic (exact) mass is 295 g/mol. The molecule has 0 spiro atoms. The summed E-state index contributed by atoms with van der Waals surface area (Å²) in [6.07, 6.45) is -4.52. The minimum Gasteiger partial charge on any atom is -0.394 e. The Morgan fingerprint density at radius 2 is 1.95 bits per heavy atom. The third kappa shape index (κ3) is 8.41. The van der Waals surface area contributed by atoms with Crippen LogP contribution in [-0.2, 0) is 19.0 Å². The maximum atomic E-state index is 10.9. The molecule has 20 heavy (non-hydrogen) atoms. The van der Waals surface area contributed by atoms with E-state index < -0.39 is 37.2 Å². The molecule has 4 N–H and O–H groups in total. The first-order valence-electron chi connectivity index (χ1n) is 6.51. The van der Waals surface area contributed by atoms with Crippen LogP contribution >= 0.6 is 0 Å². The lowest BCUT2D eigenvalue weighted by Gasteiger charge is -2.28. The molecule has 0 aromatic rings. The topological polar surface area (TPSA) is 117 Å². The van der Waals surface area contributed by atoms with Gasteiger partial charge in [0.1, 0.15) is 6.10 Å². The Hall–Kier alpha value is -0.770. The van der Waals surface area contributed by atoms with Crippen LogP contribution in [0.25, 0.3) is 0 Å². The molecule has 1 amide bonds. The number of hydrogen-bond acceptors (Lipinski definition) is 7. The average molecular weight is 295 g/mol. The fourth-order valence-electron chi connectivity index (χ4n) is 1.33. The van der Waals surface area contributed by atoms with E-state index in [2.05, 4.69) is 5.32 Å². The highest BCUT2D eigenvalue weighted by Crippen LogP contribution is 2.08. The predicted octanol–water partition coefficient (Wildman–Crippen LogP) is -1.42. The van der Waals surface area contributed by atoms with Crippen LogP contribution in [0.1, 0.15) is 20.8 Å². The molecule has 0 rings (SSSR count). The van der Waals surface area contributed by atoms with Crippen molar-refractivity contribution in [3.63, 3.8) is 0 Å². The highest BCUT2D eigenvalue weighted by atomic mass is 16.7. The van der Waals surface area contributed by atoms with Gasteiger partial charge in [0, 0.05) is 13.5 Å². The molecular weight excluding hydrogens is 270 g/mol. The molecule has 0 saturated carbocycles. The summed E-state index contributed by atoms with van der Waals surface area (Å²) < 4.78 is 15.6. The average Bonchev–Trinajstić information content (AvgIpc) is 2.36. The Morgan fingerprint density at radius 3 is 2.40 bits per heavy atom. The van der Waals surface area contributed by atoms with Crippen molar-refractivity contribution < 1.29 is 34.3 Å². The summed E-state index contributed by atoms with van der Waals surface area (Å²) in [5.74, 6) is -0.461. The molecule has 0 aromatic heterocycles. The number of ether oxygens (including phenoxy) is 3. The Bertz CT molecular complexity index is 262. The van der Waals surface area contributed by atoms with Crippen LogP contribution in [0.2, 0.25) is 0 Å². The smallest absolute Gasteiger partial charge is 0.218 e. The molecule has 0 saturated heterocycles. The zero-order valence-corrected chi connectivity index (χ0v) is 12.1. The summed E-state index contributed by atoms with van der Waals surface area (Å²) >= 11 is 0. The van der Waals surface area contributed by atoms with Gasteiger partial charge in [-0.15, -0.1) is 0 Å². The van der Waals surface area contributed by atoms with Crippen molar-refractivity contribution in [1.82, 2.24) is 5.32 Å². The molecule has 0 aliphatic carbocycles. The van der Waals surface area contributed by atoms with Crippen LogP contribution in [0.15, 0.2) is 0 Å². The molecule has 4 atom stereocenters. The number of aliphatic hydroxyl groups excluding tert-OH is 3. The third-order valence-corrected chi connectivity index (χ3v) is 2.35. The molecule has 0 aliphatic rings. The van der Waals surface area contributed by atoms with Gasteiger partial charge in [-0.3, -0.25) is 4.79 Å². The maximum Gasteiger partial charge on any atom is 0.218 e. The number of aliphatic hydroxyl groups is 3. The molecule has 0 bridgehead atoms. The molecule has 0 radical (unpaired) electrons. The Kier molecular flexibility index (Phi) is 10.5. The van der Waals surface area contributed by atoms with Gasteiger partial charge in [-0.2, -0.15) is 0 Å². The lowest BCUT2D eigenvalue weighted by Crippen LogP contribution is -2.48. The number of carbonyl (C=O) groups is 1. The van der Waals surface area contributed by atoms with Crippen molar-refractivity contribution in [1.29, 1.82) is 0 Å². The first-order chi connectivity index (χ1) is 9.42. The SMILES string of the molecule is CCOCCOC(OC(CO)C(C)O)C(O)NC(C)=O. The summed E-state index contributed by atoms with van der Waals surface area (Å²) in [6, 6.07) is 0. The van der Waals surface area contributed by atoms with E-state index in [1.165, 1.54) is 13.8 Å². The summed E-state index contributed by atoms with van der Waals surface area (Å²) in [6.45, 7) is 5.00. The second-order valence-electron chi connectivity index (χ2n) is 4.18. The Labute approximate surface area is 118 Å². The molecule has 4 unspecified atom stereocenters. The number of rotatable bonds is 11.